The van der Waals surface area contributed by atoms with Gasteiger partial charge in [-0.1, -0.05) is 64.5 Å². The molecule has 0 aliphatic heterocycles. The fourth-order valence-electron chi connectivity index (χ4n) is 2.24. The number of carbonyl (C=O) groups is 1. The summed E-state index contributed by atoms with van der Waals surface area (Å²) in [6.07, 6.45) is 9.04. The number of carbonyl (C=O) groups excluding carboxylic acids is 1. The van der Waals surface area contributed by atoms with Crippen LogP contribution in [0.25, 0.3) is 0 Å². The van der Waals surface area contributed by atoms with Crippen LogP contribution in [0.3, 0.4) is 0 Å². The van der Waals surface area contributed by atoms with Gasteiger partial charge in [-0.3, -0.25) is 0 Å². The first-order chi connectivity index (χ1) is 10.8. The molecule has 0 bridgehead atoms. The fraction of sp³-hybridized carbons (Fsp3) is 0.632. The van der Waals surface area contributed by atoms with Gasteiger partial charge in [0.15, 0.2) is 0 Å². The Balaban J connectivity index is 2.39. The molecule has 0 heterocycles. The Morgan fingerprint density at radius 2 is 1.50 bits per heavy atom. The molecular formula is C19H30O3. The first-order valence-electron chi connectivity index (χ1n) is 8.68. The average molecular weight is 306 g/mol. The van der Waals surface area contributed by atoms with Crippen molar-refractivity contribution in [1.29, 1.82) is 0 Å². The third-order valence-corrected chi connectivity index (χ3v) is 3.59. The maximum atomic E-state index is 12.1. The third kappa shape index (κ3) is 7.48. The van der Waals surface area contributed by atoms with Crippen LogP contribution < -0.4 is 4.74 Å². The smallest absolute Gasteiger partial charge is 0.341 e. The Hall–Kier alpha value is -1.51. The Morgan fingerprint density at radius 3 is 2.18 bits per heavy atom. The predicted molar refractivity (Wildman–Crippen MR) is 90.5 cm³/mol. The van der Waals surface area contributed by atoms with Crippen molar-refractivity contribution in [1.82, 2.24) is 0 Å². The lowest BCUT2D eigenvalue weighted by Crippen LogP contribution is -2.09. The van der Waals surface area contributed by atoms with E-state index >= 15 is 0 Å². The number of rotatable bonds is 12. The summed E-state index contributed by atoms with van der Waals surface area (Å²) in [5.41, 5.74) is 0.536. The number of benzene rings is 1. The van der Waals surface area contributed by atoms with E-state index in [4.69, 9.17) is 9.47 Å². The van der Waals surface area contributed by atoms with Crippen LogP contribution in [-0.2, 0) is 4.74 Å². The summed E-state index contributed by atoms with van der Waals surface area (Å²) in [5, 5.41) is 0. The zero-order chi connectivity index (χ0) is 16.0. The SMILES string of the molecule is CCCCCCOC(=O)c1ccccc1OCCCCCC. The Morgan fingerprint density at radius 1 is 0.864 bits per heavy atom. The molecule has 0 aromatic heterocycles. The molecule has 3 nitrogen and oxygen atoms in total. The van der Waals surface area contributed by atoms with Crippen molar-refractivity contribution in [2.75, 3.05) is 13.2 Å². The molecule has 0 unspecified atom stereocenters. The van der Waals surface area contributed by atoms with E-state index in [0.717, 1.165) is 19.3 Å². The summed E-state index contributed by atoms with van der Waals surface area (Å²) in [6, 6.07) is 7.35. The van der Waals surface area contributed by atoms with Crippen molar-refractivity contribution < 1.29 is 14.3 Å². The van der Waals surface area contributed by atoms with Crippen LogP contribution in [0, 0.1) is 0 Å². The number of hydrogen-bond donors (Lipinski definition) is 0. The quantitative estimate of drug-likeness (QED) is 0.384. The molecule has 0 spiro atoms. The van der Waals surface area contributed by atoms with E-state index in [9.17, 15) is 4.79 Å². The number of para-hydroxylation sites is 1. The topological polar surface area (TPSA) is 35.5 Å². The second-order valence-electron chi connectivity index (χ2n) is 5.60. The minimum atomic E-state index is -0.277. The van der Waals surface area contributed by atoms with E-state index in [1.165, 1.54) is 32.1 Å². The molecule has 0 atom stereocenters. The first kappa shape index (κ1) is 18.5. The maximum Gasteiger partial charge on any atom is 0.341 e. The van der Waals surface area contributed by atoms with Gasteiger partial charge in [0.25, 0.3) is 0 Å². The van der Waals surface area contributed by atoms with Gasteiger partial charge in [0, 0.05) is 0 Å². The van der Waals surface area contributed by atoms with Gasteiger partial charge < -0.3 is 9.47 Å². The molecule has 1 rings (SSSR count). The average Bonchev–Trinajstić information content (AvgIpc) is 2.54. The van der Waals surface area contributed by atoms with E-state index in [1.807, 2.05) is 18.2 Å². The number of unbranched alkanes of at least 4 members (excludes halogenated alkanes) is 6. The molecular weight excluding hydrogens is 276 g/mol. The Kier molecular flexibility index (Phi) is 10.2. The summed E-state index contributed by atoms with van der Waals surface area (Å²) in [5.74, 6) is 0.359. The highest BCUT2D eigenvalue weighted by Crippen LogP contribution is 2.19. The van der Waals surface area contributed by atoms with Crippen LogP contribution in [0.1, 0.15) is 75.6 Å². The van der Waals surface area contributed by atoms with Gasteiger partial charge in [-0.2, -0.15) is 0 Å². The first-order valence-corrected chi connectivity index (χ1v) is 8.68. The normalized spacial score (nSPS) is 10.5. The molecule has 124 valence electrons. The van der Waals surface area contributed by atoms with Crippen molar-refractivity contribution in [2.24, 2.45) is 0 Å². The van der Waals surface area contributed by atoms with Gasteiger partial charge in [0.1, 0.15) is 11.3 Å². The second kappa shape index (κ2) is 12.1. The van der Waals surface area contributed by atoms with Crippen LogP contribution in [0.5, 0.6) is 5.75 Å². The van der Waals surface area contributed by atoms with Crippen molar-refractivity contribution in [3.8, 4) is 5.75 Å². The number of hydrogen-bond acceptors (Lipinski definition) is 3. The van der Waals surface area contributed by atoms with E-state index in [1.54, 1.807) is 6.07 Å². The van der Waals surface area contributed by atoms with E-state index in [0.29, 0.717) is 24.5 Å². The van der Waals surface area contributed by atoms with Crippen molar-refractivity contribution in [2.45, 2.75) is 65.2 Å². The van der Waals surface area contributed by atoms with Crippen LogP contribution >= 0.6 is 0 Å². The monoisotopic (exact) mass is 306 g/mol. The standard InChI is InChI=1S/C19H30O3/c1-3-5-7-11-15-21-18-14-10-9-13-17(18)19(20)22-16-12-8-6-4-2/h9-10,13-14H,3-8,11-12,15-16H2,1-2H3. The van der Waals surface area contributed by atoms with Crippen LogP contribution in [0.15, 0.2) is 24.3 Å². The molecule has 0 saturated heterocycles. The van der Waals surface area contributed by atoms with Crippen LogP contribution in [0.2, 0.25) is 0 Å². The van der Waals surface area contributed by atoms with Gasteiger partial charge in [0.2, 0.25) is 0 Å². The summed E-state index contributed by atoms with van der Waals surface area (Å²) >= 11 is 0. The van der Waals surface area contributed by atoms with Crippen LogP contribution in [-0.4, -0.2) is 19.2 Å². The summed E-state index contributed by atoms with van der Waals surface area (Å²) in [6.45, 7) is 5.50. The molecule has 1 aromatic carbocycles. The molecule has 0 aliphatic carbocycles. The highest BCUT2D eigenvalue weighted by Gasteiger charge is 2.13. The second-order valence-corrected chi connectivity index (χ2v) is 5.60. The Labute approximate surface area is 135 Å². The molecule has 0 aliphatic rings. The lowest BCUT2D eigenvalue weighted by atomic mass is 10.2. The molecule has 0 radical (unpaired) electrons. The zero-order valence-corrected chi connectivity index (χ0v) is 14.1. The van der Waals surface area contributed by atoms with Gasteiger partial charge in [-0.25, -0.2) is 4.79 Å². The maximum absolute atomic E-state index is 12.1. The van der Waals surface area contributed by atoms with Crippen LogP contribution in [0.4, 0.5) is 0 Å². The van der Waals surface area contributed by atoms with Gasteiger partial charge in [-0.05, 0) is 25.0 Å². The zero-order valence-electron chi connectivity index (χ0n) is 14.1. The van der Waals surface area contributed by atoms with E-state index in [-0.39, 0.29) is 5.97 Å². The third-order valence-electron chi connectivity index (χ3n) is 3.59. The van der Waals surface area contributed by atoms with Gasteiger partial charge in [-0.15, -0.1) is 0 Å². The fourth-order valence-corrected chi connectivity index (χ4v) is 2.24. The highest BCUT2D eigenvalue weighted by atomic mass is 16.5. The molecule has 0 fully saturated rings. The van der Waals surface area contributed by atoms with E-state index in [2.05, 4.69) is 13.8 Å². The van der Waals surface area contributed by atoms with Crippen molar-refractivity contribution in [3.63, 3.8) is 0 Å². The molecule has 1 aromatic rings. The van der Waals surface area contributed by atoms with Crippen molar-refractivity contribution >= 4 is 5.97 Å². The summed E-state index contributed by atoms with van der Waals surface area (Å²) in [7, 11) is 0. The van der Waals surface area contributed by atoms with Crippen molar-refractivity contribution in [3.05, 3.63) is 29.8 Å². The Bertz CT molecular complexity index is 415. The minimum absolute atomic E-state index is 0.277. The molecule has 3 heteroatoms. The molecule has 0 amide bonds. The van der Waals surface area contributed by atoms with Gasteiger partial charge in [0.05, 0.1) is 13.2 Å². The highest BCUT2D eigenvalue weighted by molar-refractivity contribution is 5.92. The predicted octanol–water partition coefficient (Wildman–Crippen LogP) is 5.38. The number of esters is 1. The molecule has 0 N–H and O–H groups in total. The molecule has 0 saturated carbocycles. The lowest BCUT2D eigenvalue weighted by molar-refractivity contribution is 0.0493. The lowest BCUT2D eigenvalue weighted by Gasteiger charge is -2.11. The largest absolute Gasteiger partial charge is 0.493 e. The molecule has 22 heavy (non-hydrogen) atoms. The van der Waals surface area contributed by atoms with E-state index < -0.39 is 0 Å². The summed E-state index contributed by atoms with van der Waals surface area (Å²) in [4.78, 5) is 12.1. The minimum Gasteiger partial charge on any atom is -0.493 e. The number of ether oxygens (including phenoxy) is 2. The summed E-state index contributed by atoms with van der Waals surface area (Å²) < 4.78 is 11.1. The van der Waals surface area contributed by atoms with Gasteiger partial charge >= 0.3 is 5.97 Å².